The van der Waals surface area contributed by atoms with Crippen molar-refractivity contribution in [2.75, 3.05) is 24.7 Å². The van der Waals surface area contributed by atoms with E-state index < -0.39 is 8.32 Å². The Hall–Kier alpha value is -1.68. The van der Waals surface area contributed by atoms with Gasteiger partial charge in [-0.25, -0.2) is 9.78 Å². The predicted molar refractivity (Wildman–Crippen MR) is 120 cm³/mol. The number of nitrogens with one attached hydrogen (secondary N) is 1. The average molecular weight is 448 g/mol. The number of hydrogen-bond donors (Lipinski definition) is 1. The summed E-state index contributed by atoms with van der Waals surface area (Å²) in [4.78, 5) is 19.5. The van der Waals surface area contributed by atoms with Crippen molar-refractivity contribution in [3.63, 3.8) is 0 Å². The highest BCUT2D eigenvalue weighted by molar-refractivity contribution is 7.22. The average Bonchev–Trinajstić information content (AvgIpc) is 3.40. The van der Waals surface area contributed by atoms with Gasteiger partial charge in [-0.05, 0) is 30.3 Å². The molecule has 9 heteroatoms. The summed E-state index contributed by atoms with van der Waals surface area (Å²) in [6.07, 6.45) is 0.731. The smallest absolute Gasteiger partial charge is 0.324 e. The number of benzene rings is 1. The molecule has 3 atom stereocenters. The third-order valence-electron chi connectivity index (χ3n) is 6.98. The summed E-state index contributed by atoms with van der Waals surface area (Å²) in [7, 11) is -1.88. The second kappa shape index (κ2) is 6.91. The van der Waals surface area contributed by atoms with Crippen LogP contribution in [0.2, 0.25) is 18.1 Å². The molecule has 0 radical (unpaired) electrons. The number of urea groups is 1. The van der Waals surface area contributed by atoms with E-state index in [4.69, 9.17) is 18.9 Å². The number of carbonyl (C=O) groups is 1. The first-order chi connectivity index (χ1) is 14.2. The second-order valence-electron chi connectivity index (χ2n) is 9.84. The van der Waals surface area contributed by atoms with E-state index >= 15 is 0 Å². The number of fused-ring (bicyclic) bond motifs is 4. The lowest BCUT2D eigenvalue weighted by atomic mass is 10.1. The third kappa shape index (κ3) is 3.14. The lowest BCUT2D eigenvalue weighted by Crippen LogP contribution is -2.46. The molecule has 1 aromatic carbocycles. The molecule has 30 heavy (non-hydrogen) atoms. The monoisotopic (exact) mass is 447 g/mol. The molecule has 4 heterocycles. The van der Waals surface area contributed by atoms with E-state index in [0.29, 0.717) is 19.8 Å². The van der Waals surface area contributed by atoms with Crippen LogP contribution in [0.3, 0.4) is 0 Å². The maximum atomic E-state index is 12.9. The summed E-state index contributed by atoms with van der Waals surface area (Å²) in [5.74, 6) is 0.912. The number of anilines is 1. The lowest BCUT2D eigenvalue weighted by Gasteiger charge is -2.37. The maximum Gasteiger partial charge on any atom is 0.324 e. The molecule has 0 spiro atoms. The van der Waals surface area contributed by atoms with Crippen molar-refractivity contribution < 1.29 is 18.7 Å². The zero-order valence-electron chi connectivity index (χ0n) is 18.2. The van der Waals surface area contributed by atoms with Crippen LogP contribution in [-0.4, -0.2) is 57.3 Å². The number of aromatic nitrogens is 1. The fourth-order valence-corrected chi connectivity index (χ4v) is 6.18. The van der Waals surface area contributed by atoms with Crippen LogP contribution < -0.4 is 15.0 Å². The molecule has 0 aliphatic carbocycles. The molecule has 1 aromatic heterocycles. The molecule has 2 amide bonds. The number of nitrogens with zero attached hydrogens (tertiary/aromatic N) is 2. The quantitative estimate of drug-likeness (QED) is 0.719. The zero-order valence-corrected chi connectivity index (χ0v) is 20.0. The van der Waals surface area contributed by atoms with Crippen molar-refractivity contribution in [1.82, 2.24) is 10.3 Å². The highest BCUT2D eigenvalue weighted by atomic mass is 32.1. The van der Waals surface area contributed by atoms with E-state index in [9.17, 15) is 4.79 Å². The molecule has 0 bridgehead atoms. The van der Waals surface area contributed by atoms with Gasteiger partial charge >= 0.3 is 6.03 Å². The first-order valence-corrected chi connectivity index (χ1v) is 14.3. The van der Waals surface area contributed by atoms with E-state index in [0.717, 1.165) is 33.1 Å². The Morgan fingerprint density at radius 1 is 1.37 bits per heavy atom. The second-order valence-corrected chi connectivity index (χ2v) is 15.7. The summed E-state index contributed by atoms with van der Waals surface area (Å²) in [5, 5.41) is 3.99. The number of carbonyl (C=O) groups excluding carboxylic acids is 1. The zero-order chi connectivity index (χ0) is 21.3. The van der Waals surface area contributed by atoms with Crippen LogP contribution in [0.25, 0.3) is 10.2 Å². The van der Waals surface area contributed by atoms with Gasteiger partial charge in [-0.1, -0.05) is 32.1 Å². The minimum atomic E-state index is -1.88. The molecule has 3 aliphatic heterocycles. The molecule has 2 aromatic rings. The summed E-state index contributed by atoms with van der Waals surface area (Å²) < 4.78 is 19.2. The Morgan fingerprint density at radius 3 is 2.93 bits per heavy atom. The first kappa shape index (κ1) is 20.2. The van der Waals surface area contributed by atoms with Gasteiger partial charge in [0, 0.05) is 12.0 Å². The highest BCUT2D eigenvalue weighted by Gasteiger charge is 2.51. The topological polar surface area (TPSA) is 72.9 Å². The Morgan fingerprint density at radius 2 is 2.17 bits per heavy atom. The van der Waals surface area contributed by atoms with Crippen molar-refractivity contribution in [2.24, 2.45) is 0 Å². The summed E-state index contributed by atoms with van der Waals surface area (Å²) >= 11 is 1.55. The minimum Gasteiger partial charge on any atom is -0.493 e. The number of ether oxygens (including phenoxy) is 2. The summed E-state index contributed by atoms with van der Waals surface area (Å²) in [6, 6.07) is 3.80. The largest absolute Gasteiger partial charge is 0.493 e. The van der Waals surface area contributed by atoms with Crippen LogP contribution >= 0.6 is 11.3 Å². The van der Waals surface area contributed by atoms with Gasteiger partial charge < -0.3 is 19.2 Å². The van der Waals surface area contributed by atoms with Gasteiger partial charge in [0.2, 0.25) is 0 Å². The Kier molecular flexibility index (Phi) is 4.66. The van der Waals surface area contributed by atoms with Gasteiger partial charge in [0.25, 0.3) is 0 Å². The van der Waals surface area contributed by atoms with E-state index in [1.807, 2.05) is 12.1 Å². The third-order valence-corrected chi connectivity index (χ3v) is 12.5. The number of thiazole rings is 1. The standard InChI is InChI=1S/C21H29N3O4SSi/c1-21(2,3)30(4,5)28-11-15-18-13(10-27-15)24(19(25)22-18)20-23-17-12-8-9-26-14(12)6-7-16(17)29-20/h6-7,13,15,18H,8-11H2,1-5H3,(H,22,25)/t13-,15+,18-/m0/s1. The summed E-state index contributed by atoms with van der Waals surface area (Å²) in [6.45, 7) is 12.9. The Labute approximate surface area is 181 Å². The van der Waals surface area contributed by atoms with Crippen LogP contribution in [0.15, 0.2) is 12.1 Å². The fraction of sp³-hybridized carbons (Fsp3) is 0.619. The van der Waals surface area contributed by atoms with Crippen LogP contribution in [0.1, 0.15) is 26.3 Å². The number of rotatable bonds is 4. The molecule has 1 N–H and O–H groups in total. The first-order valence-electron chi connectivity index (χ1n) is 10.6. The van der Waals surface area contributed by atoms with E-state index in [-0.39, 0.29) is 29.3 Å². The van der Waals surface area contributed by atoms with Gasteiger partial charge in [0.05, 0.1) is 42.1 Å². The minimum absolute atomic E-state index is 0.0598. The SMILES string of the molecule is CC(C)(C)[Si](C)(C)OC[C@H]1OC[C@H]2[C@@H]1NC(=O)N2c1nc2c3c(ccc2s1)OCC3. The Balaban J connectivity index is 1.36. The molecular weight excluding hydrogens is 418 g/mol. The fourth-order valence-electron chi connectivity index (χ4n) is 4.11. The van der Waals surface area contributed by atoms with E-state index in [1.54, 1.807) is 16.2 Å². The van der Waals surface area contributed by atoms with Gasteiger partial charge in [0.15, 0.2) is 13.4 Å². The van der Waals surface area contributed by atoms with E-state index in [2.05, 4.69) is 39.2 Å². The molecule has 2 fully saturated rings. The summed E-state index contributed by atoms with van der Waals surface area (Å²) in [5.41, 5.74) is 2.10. The number of hydrogen-bond acceptors (Lipinski definition) is 6. The molecule has 7 nitrogen and oxygen atoms in total. The van der Waals surface area contributed by atoms with Crippen LogP contribution in [0.4, 0.5) is 9.93 Å². The van der Waals surface area contributed by atoms with Crippen molar-refractivity contribution in [2.45, 2.75) is 63.5 Å². The van der Waals surface area contributed by atoms with Crippen molar-refractivity contribution in [3.8, 4) is 5.75 Å². The molecule has 0 unspecified atom stereocenters. The molecule has 3 aliphatic rings. The lowest BCUT2D eigenvalue weighted by molar-refractivity contribution is 0.0519. The molecule has 2 saturated heterocycles. The van der Waals surface area contributed by atoms with Crippen LogP contribution in [0, 0.1) is 0 Å². The van der Waals surface area contributed by atoms with E-state index in [1.165, 1.54) is 0 Å². The van der Waals surface area contributed by atoms with Crippen molar-refractivity contribution in [3.05, 3.63) is 17.7 Å². The maximum absolute atomic E-state index is 12.9. The van der Waals surface area contributed by atoms with Gasteiger partial charge in [-0.3, -0.25) is 4.90 Å². The Bertz CT molecular complexity index is 1000. The van der Waals surface area contributed by atoms with Crippen LogP contribution in [-0.2, 0) is 15.6 Å². The molecular formula is C21H29N3O4SSi. The highest BCUT2D eigenvalue weighted by Crippen LogP contribution is 2.41. The van der Waals surface area contributed by atoms with Crippen molar-refractivity contribution >= 4 is 41.0 Å². The normalized spacial score (nSPS) is 26.1. The van der Waals surface area contributed by atoms with Gasteiger partial charge in [0.1, 0.15) is 11.9 Å². The molecule has 162 valence electrons. The molecule has 5 rings (SSSR count). The number of amides is 2. The van der Waals surface area contributed by atoms with Gasteiger partial charge in [-0.2, -0.15) is 0 Å². The van der Waals surface area contributed by atoms with Crippen LogP contribution in [0.5, 0.6) is 5.75 Å². The molecule has 0 saturated carbocycles. The van der Waals surface area contributed by atoms with Crippen molar-refractivity contribution in [1.29, 1.82) is 0 Å². The van der Waals surface area contributed by atoms with Gasteiger partial charge in [-0.15, -0.1) is 0 Å². The predicted octanol–water partition coefficient (Wildman–Crippen LogP) is 3.92.